The monoisotopic (exact) mass is 224 g/mol. The van der Waals surface area contributed by atoms with Crippen molar-refractivity contribution < 1.29 is 4.79 Å². The highest BCUT2D eigenvalue weighted by Gasteiger charge is 2.32. The van der Waals surface area contributed by atoms with Gasteiger partial charge in [-0.3, -0.25) is 14.8 Å². The van der Waals surface area contributed by atoms with E-state index < -0.39 is 5.54 Å². The van der Waals surface area contributed by atoms with Crippen molar-refractivity contribution in [1.29, 1.82) is 0 Å². The molecule has 16 heavy (non-hydrogen) atoms. The molecule has 1 heterocycles. The summed E-state index contributed by atoms with van der Waals surface area (Å²) in [7, 11) is 0. The zero-order valence-electron chi connectivity index (χ0n) is 10.3. The van der Waals surface area contributed by atoms with Gasteiger partial charge >= 0.3 is 0 Å². The van der Waals surface area contributed by atoms with E-state index in [0.29, 0.717) is 6.54 Å². The quantitative estimate of drug-likeness (QED) is 0.762. The van der Waals surface area contributed by atoms with Gasteiger partial charge in [0.1, 0.15) is 5.54 Å². The van der Waals surface area contributed by atoms with Gasteiger partial charge in [-0.2, -0.15) is 5.10 Å². The van der Waals surface area contributed by atoms with E-state index in [4.69, 9.17) is 5.73 Å². The summed E-state index contributed by atoms with van der Waals surface area (Å²) >= 11 is 0. The normalized spacial score (nSPS) is 15.1. The molecule has 0 bridgehead atoms. The van der Waals surface area contributed by atoms with Crippen LogP contribution >= 0.6 is 0 Å². The highest BCUT2D eigenvalue weighted by atomic mass is 16.1. The summed E-state index contributed by atoms with van der Waals surface area (Å²) in [5.41, 5.74) is 5.59. The molecule has 0 aliphatic carbocycles. The van der Waals surface area contributed by atoms with Crippen molar-refractivity contribution in [3.63, 3.8) is 0 Å². The maximum absolute atomic E-state index is 11.5. The van der Waals surface area contributed by atoms with E-state index in [-0.39, 0.29) is 11.9 Å². The van der Waals surface area contributed by atoms with Crippen molar-refractivity contribution >= 4 is 5.91 Å². The number of carbonyl (C=O) groups is 1. The van der Waals surface area contributed by atoms with Crippen LogP contribution in [-0.2, 0) is 11.3 Å². The molecule has 0 spiro atoms. The Balaban J connectivity index is 2.82. The third-order valence-corrected chi connectivity index (χ3v) is 2.40. The first-order chi connectivity index (χ1) is 7.33. The average molecular weight is 224 g/mol. The van der Waals surface area contributed by atoms with E-state index >= 15 is 0 Å². The van der Waals surface area contributed by atoms with E-state index in [0.717, 1.165) is 5.69 Å². The van der Waals surface area contributed by atoms with Gasteiger partial charge in [-0.25, -0.2) is 0 Å². The third-order valence-electron chi connectivity index (χ3n) is 2.40. The first kappa shape index (κ1) is 12.7. The fourth-order valence-electron chi connectivity index (χ4n) is 1.71. The number of nitrogens with zero attached hydrogens (tertiary/aromatic N) is 2. The van der Waals surface area contributed by atoms with Crippen molar-refractivity contribution in [3.8, 4) is 0 Å². The molecule has 1 amide bonds. The van der Waals surface area contributed by atoms with Crippen molar-refractivity contribution in [2.45, 2.75) is 45.8 Å². The van der Waals surface area contributed by atoms with Gasteiger partial charge in [0.25, 0.3) is 0 Å². The largest absolute Gasteiger partial charge is 0.368 e. The molecule has 1 aromatic rings. The standard InChI is InChI=1S/C11H20N4O/c1-8(2)13-11(4,10(12)16)7-15-6-5-9(3)14-15/h5-6,8,13H,7H2,1-4H3,(H2,12,16). The Morgan fingerprint density at radius 1 is 1.69 bits per heavy atom. The molecule has 5 heteroatoms. The van der Waals surface area contributed by atoms with Gasteiger partial charge in [0.2, 0.25) is 5.91 Å². The van der Waals surface area contributed by atoms with Crippen LogP contribution in [0.2, 0.25) is 0 Å². The smallest absolute Gasteiger partial charge is 0.239 e. The SMILES string of the molecule is Cc1ccn(CC(C)(NC(C)C)C(N)=O)n1. The second-order valence-electron chi connectivity index (χ2n) is 4.65. The van der Waals surface area contributed by atoms with Gasteiger partial charge in [-0.05, 0) is 33.8 Å². The topological polar surface area (TPSA) is 72.9 Å². The molecule has 0 aromatic carbocycles. The first-order valence-corrected chi connectivity index (χ1v) is 5.41. The van der Waals surface area contributed by atoms with E-state index in [1.807, 2.05) is 33.0 Å². The summed E-state index contributed by atoms with van der Waals surface area (Å²) in [6.45, 7) is 8.11. The van der Waals surface area contributed by atoms with Gasteiger partial charge in [0, 0.05) is 12.2 Å². The molecule has 5 nitrogen and oxygen atoms in total. The molecule has 0 radical (unpaired) electrons. The summed E-state index contributed by atoms with van der Waals surface area (Å²) in [5, 5.41) is 7.43. The first-order valence-electron chi connectivity index (χ1n) is 5.41. The Morgan fingerprint density at radius 2 is 2.31 bits per heavy atom. The minimum Gasteiger partial charge on any atom is -0.368 e. The number of primary amides is 1. The van der Waals surface area contributed by atoms with Crippen LogP contribution in [-0.4, -0.2) is 27.3 Å². The lowest BCUT2D eigenvalue weighted by molar-refractivity contribution is -0.124. The lowest BCUT2D eigenvalue weighted by atomic mass is 10.0. The van der Waals surface area contributed by atoms with Crippen LogP contribution < -0.4 is 11.1 Å². The van der Waals surface area contributed by atoms with E-state index in [9.17, 15) is 4.79 Å². The summed E-state index contributed by atoms with van der Waals surface area (Å²) in [6.07, 6.45) is 1.85. The Hall–Kier alpha value is -1.36. The third kappa shape index (κ3) is 3.06. The summed E-state index contributed by atoms with van der Waals surface area (Å²) in [4.78, 5) is 11.5. The molecule has 90 valence electrons. The van der Waals surface area contributed by atoms with Crippen LogP contribution in [0.4, 0.5) is 0 Å². The summed E-state index contributed by atoms with van der Waals surface area (Å²) in [5.74, 6) is -0.366. The number of nitrogens with two attached hydrogens (primary N) is 1. The number of nitrogens with one attached hydrogen (secondary N) is 1. The molecule has 0 aliphatic rings. The van der Waals surface area contributed by atoms with Gasteiger partial charge < -0.3 is 5.73 Å². The number of hydrogen-bond donors (Lipinski definition) is 2. The predicted octanol–water partition coefficient (Wildman–Crippen LogP) is 0.434. The van der Waals surface area contributed by atoms with E-state index in [1.165, 1.54) is 0 Å². The number of rotatable bonds is 5. The maximum Gasteiger partial charge on any atom is 0.239 e. The minimum atomic E-state index is -0.771. The summed E-state index contributed by atoms with van der Waals surface area (Å²) < 4.78 is 1.73. The molecule has 0 aliphatic heterocycles. The lowest BCUT2D eigenvalue weighted by Gasteiger charge is -2.29. The van der Waals surface area contributed by atoms with Crippen LogP contribution in [0, 0.1) is 6.92 Å². The molecule has 0 saturated carbocycles. The highest BCUT2D eigenvalue weighted by Crippen LogP contribution is 2.08. The van der Waals surface area contributed by atoms with Crippen LogP contribution in [0.25, 0.3) is 0 Å². The van der Waals surface area contributed by atoms with Crippen molar-refractivity contribution in [2.24, 2.45) is 5.73 Å². The predicted molar refractivity (Wildman–Crippen MR) is 62.8 cm³/mol. The number of amides is 1. The van der Waals surface area contributed by atoms with Gasteiger partial charge in [0.15, 0.2) is 0 Å². The summed E-state index contributed by atoms with van der Waals surface area (Å²) in [6, 6.07) is 2.09. The van der Waals surface area contributed by atoms with Crippen LogP contribution in [0.1, 0.15) is 26.5 Å². The minimum absolute atomic E-state index is 0.189. The fraction of sp³-hybridized carbons (Fsp3) is 0.636. The number of hydrogen-bond acceptors (Lipinski definition) is 3. The number of aromatic nitrogens is 2. The second kappa shape index (κ2) is 4.65. The van der Waals surface area contributed by atoms with Crippen LogP contribution in [0.3, 0.4) is 0 Å². The zero-order chi connectivity index (χ0) is 12.3. The van der Waals surface area contributed by atoms with Crippen molar-refractivity contribution in [2.75, 3.05) is 0 Å². The van der Waals surface area contributed by atoms with E-state index in [2.05, 4.69) is 10.4 Å². The van der Waals surface area contributed by atoms with Crippen molar-refractivity contribution in [1.82, 2.24) is 15.1 Å². The molecule has 1 aromatic heterocycles. The molecule has 0 saturated heterocycles. The highest BCUT2D eigenvalue weighted by molar-refractivity contribution is 5.84. The van der Waals surface area contributed by atoms with E-state index in [1.54, 1.807) is 11.6 Å². The second-order valence-corrected chi connectivity index (χ2v) is 4.65. The molecular weight excluding hydrogens is 204 g/mol. The van der Waals surface area contributed by atoms with Gasteiger partial charge in [-0.15, -0.1) is 0 Å². The maximum atomic E-state index is 11.5. The Kier molecular flexibility index (Phi) is 3.70. The van der Waals surface area contributed by atoms with Crippen molar-refractivity contribution in [3.05, 3.63) is 18.0 Å². The Bertz CT molecular complexity index is 372. The number of carbonyl (C=O) groups excluding carboxylic acids is 1. The van der Waals surface area contributed by atoms with Gasteiger partial charge in [-0.1, -0.05) is 0 Å². The Morgan fingerprint density at radius 3 is 2.69 bits per heavy atom. The molecule has 0 fully saturated rings. The zero-order valence-corrected chi connectivity index (χ0v) is 10.3. The fourth-order valence-corrected chi connectivity index (χ4v) is 1.71. The molecule has 1 unspecified atom stereocenters. The number of aryl methyl sites for hydroxylation is 1. The van der Waals surface area contributed by atoms with Gasteiger partial charge in [0.05, 0.1) is 12.2 Å². The Labute approximate surface area is 96.0 Å². The van der Waals surface area contributed by atoms with Crippen LogP contribution in [0.5, 0.6) is 0 Å². The average Bonchev–Trinajstić information content (AvgIpc) is 2.49. The lowest BCUT2D eigenvalue weighted by Crippen LogP contribution is -2.58. The van der Waals surface area contributed by atoms with Crippen LogP contribution in [0.15, 0.2) is 12.3 Å². The molecule has 1 atom stereocenters. The molecular formula is C11H20N4O. The molecule has 1 rings (SSSR count). The molecule has 3 N–H and O–H groups in total.